The van der Waals surface area contributed by atoms with Gasteiger partial charge in [-0.3, -0.25) is 0 Å². The molecule has 1 rings (SSSR count). The van der Waals surface area contributed by atoms with Gasteiger partial charge < -0.3 is 10.1 Å². The van der Waals surface area contributed by atoms with Gasteiger partial charge in [-0.1, -0.05) is 0 Å². The average Bonchev–Trinajstić information content (AvgIpc) is 2.23. The Morgan fingerprint density at radius 3 is 2.93 bits per heavy atom. The fourth-order valence-electron chi connectivity index (χ4n) is 1.16. The maximum absolute atomic E-state index is 13.0. The number of rotatable bonds is 5. The topological polar surface area (TPSA) is 45.0 Å². The summed E-state index contributed by atoms with van der Waals surface area (Å²) in [6, 6.07) is 6.11. The third kappa shape index (κ3) is 4.07. The van der Waals surface area contributed by atoms with Crippen molar-refractivity contribution in [3.8, 4) is 6.07 Å². The fraction of sp³-hybridized carbons (Fsp3) is 0.364. The van der Waals surface area contributed by atoms with Crippen LogP contribution in [-0.2, 0) is 11.3 Å². The minimum Gasteiger partial charge on any atom is -0.375 e. The first-order chi connectivity index (χ1) is 7.26. The number of nitrogens with zero attached hydrogens (tertiary/aromatic N) is 1. The van der Waals surface area contributed by atoms with Gasteiger partial charge >= 0.3 is 0 Å². The second kappa shape index (κ2) is 6.12. The molecule has 0 aliphatic carbocycles. The number of nitriles is 1. The highest BCUT2D eigenvalue weighted by atomic mass is 19.1. The van der Waals surface area contributed by atoms with E-state index in [1.54, 1.807) is 6.07 Å². The number of benzene rings is 1. The summed E-state index contributed by atoms with van der Waals surface area (Å²) in [5, 5.41) is 11.6. The van der Waals surface area contributed by atoms with Crippen molar-refractivity contribution >= 4 is 0 Å². The number of likely N-dealkylation sites (N-methyl/N-ethyl adjacent to an activating group) is 1. The number of hydrogen-bond donors (Lipinski definition) is 1. The Bertz CT molecular complexity index is 360. The predicted molar refractivity (Wildman–Crippen MR) is 54.7 cm³/mol. The van der Waals surface area contributed by atoms with Gasteiger partial charge in [-0.25, -0.2) is 4.39 Å². The molecule has 0 amide bonds. The third-order valence-corrected chi connectivity index (χ3v) is 1.85. The predicted octanol–water partition coefficient (Wildman–Crippen LogP) is 1.43. The summed E-state index contributed by atoms with van der Waals surface area (Å²) in [7, 11) is 1.83. The quantitative estimate of drug-likeness (QED) is 0.744. The first-order valence-electron chi connectivity index (χ1n) is 4.68. The van der Waals surface area contributed by atoms with E-state index in [4.69, 9.17) is 10.00 Å². The molecule has 0 atom stereocenters. The summed E-state index contributed by atoms with van der Waals surface area (Å²) in [6.45, 7) is 1.64. The van der Waals surface area contributed by atoms with E-state index in [9.17, 15) is 4.39 Å². The molecule has 0 saturated heterocycles. The van der Waals surface area contributed by atoms with Crippen molar-refractivity contribution < 1.29 is 9.13 Å². The standard InChI is InChI=1S/C11H13FN2O/c1-14-2-3-15-8-10-4-9(7-13)5-11(12)6-10/h4-6,14H,2-3,8H2,1H3. The molecule has 0 heterocycles. The molecule has 4 heteroatoms. The highest BCUT2D eigenvalue weighted by molar-refractivity contribution is 5.33. The van der Waals surface area contributed by atoms with Crippen molar-refractivity contribution in [1.82, 2.24) is 5.32 Å². The molecule has 0 aliphatic rings. The highest BCUT2D eigenvalue weighted by Crippen LogP contribution is 2.09. The van der Waals surface area contributed by atoms with Crippen LogP contribution >= 0.6 is 0 Å². The van der Waals surface area contributed by atoms with Crippen molar-refractivity contribution in [2.45, 2.75) is 6.61 Å². The number of halogens is 1. The molecular formula is C11H13FN2O. The van der Waals surface area contributed by atoms with Gasteiger partial charge in [0.15, 0.2) is 0 Å². The second-order valence-corrected chi connectivity index (χ2v) is 3.12. The Kier molecular flexibility index (Phi) is 4.75. The zero-order valence-electron chi connectivity index (χ0n) is 8.59. The van der Waals surface area contributed by atoms with Crippen LogP contribution in [0.25, 0.3) is 0 Å². The van der Waals surface area contributed by atoms with Gasteiger partial charge in [0, 0.05) is 6.54 Å². The molecule has 0 aromatic heterocycles. The minimum absolute atomic E-state index is 0.321. The van der Waals surface area contributed by atoms with E-state index in [0.29, 0.717) is 24.3 Å². The first-order valence-corrected chi connectivity index (χ1v) is 4.68. The lowest BCUT2D eigenvalue weighted by Crippen LogP contribution is -2.14. The van der Waals surface area contributed by atoms with E-state index in [1.807, 2.05) is 13.1 Å². The summed E-state index contributed by atoms with van der Waals surface area (Å²) in [4.78, 5) is 0. The van der Waals surface area contributed by atoms with E-state index < -0.39 is 5.82 Å². The molecule has 15 heavy (non-hydrogen) atoms. The molecule has 0 radical (unpaired) electrons. The van der Waals surface area contributed by atoms with Gasteiger partial charge in [0.25, 0.3) is 0 Å². The molecule has 1 N–H and O–H groups in total. The van der Waals surface area contributed by atoms with Crippen LogP contribution in [0.3, 0.4) is 0 Å². The fourth-order valence-corrected chi connectivity index (χ4v) is 1.16. The van der Waals surface area contributed by atoms with Crippen molar-refractivity contribution in [2.24, 2.45) is 0 Å². The molecule has 0 aliphatic heterocycles. The maximum atomic E-state index is 13.0. The van der Waals surface area contributed by atoms with Crippen LogP contribution in [0.2, 0.25) is 0 Å². The maximum Gasteiger partial charge on any atom is 0.124 e. The molecule has 0 fully saturated rings. The van der Waals surface area contributed by atoms with Crippen LogP contribution < -0.4 is 5.32 Å². The smallest absolute Gasteiger partial charge is 0.124 e. The lowest BCUT2D eigenvalue weighted by atomic mass is 10.1. The van der Waals surface area contributed by atoms with Crippen LogP contribution in [0.1, 0.15) is 11.1 Å². The zero-order chi connectivity index (χ0) is 11.1. The van der Waals surface area contributed by atoms with Crippen molar-refractivity contribution in [2.75, 3.05) is 20.2 Å². The molecule has 0 unspecified atom stereocenters. The van der Waals surface area contributed by atoms with E-state index >= 15 is 0 Å². The summed E-state index contributed by atoms with van der Waals surface area (Å²) in [6.07, 6.45) is 0. The van der Waals surface area contributed by atoms with Crippen LogP contribution in [0.5, 0.6) is 0 Å². The van der Waals surface area contributed by atoms with E-state index in [1.165, 1.54) is 12.1 Å². The van der Waals surface area contributed by atoms with Crippen LogP contribution in [0.4, 0.5) is 4.39 Å². The van der Waals surface area contributed by atoms with Gasteiger partial charge in [0.2, 0.25) is 0 Å². The third-order valence-electron chi connectivity index (χ3n) is 1.85. The average molecular weight is 208 g/mol. The van der Waals surface area contributed by atoms with Crippen molar-refractivity contribution in [1.29, 1.82) is 5.26 Å². The second-order valence-electron chi connectivity index (χ2n) is 3.12. The van der Waals surface area contributed by atoms with Gasteiger partial charge in [-0.15, -0.1) is 0 Å². The molecular weight excluding hydrogens is 195 g/mol. The molecule has 0 spiro atoms. The molecule has 1 aromatic carbocycles. The Hall–Kier alpha value is -1.44. The van der Waals surface area contributed by atoms with Gasteiger partial charge in [-0.05, 0) is 30.8 Å². The van der Waals surface area contributed by atoms with Crippen LogP contribution in [0, 0.1) is 17.1 Å². The van der Waals surface area contributed by atoms with Crippen molar-refractivity contribution in [3.63, 3.8) is 0 Å². The SMILES string of the molecule is CNCCOCc1cc(F)cc(C#N)c1. The molecule has 0 saturated carbocycles. The Morgan fingerprint density at radius 1 is 1.47 bits per heavy atom. The Balaban J connectivity index is 2.54. The highest BCUT2D eigenvalue weighted by Gasteiger charge is 2.00. The Morgan fingerprint density at radius 2 is 2.27 bits per heavy atom. The summed E-state index contributed by atoms with van der Waals surface area (Å²) >= 11 is 0. The lowest BCUT2D eigenvalue weighted by molar-refractivity contribution is 0.124. The molecule has 80 valence electrons. The van der Waals surface area contributed by atoms with Crippen LogP contribution in [-0.4, -0.2) is 20.2 Å². The molecule has 3 nitrogen and oxygen atoms in total. The van der Waals surface area contributed by atoms with Gasteiger partial charge in [0.1, 0.15) is 5.82 Å². The number of hydrogen-bond acceptors (Lipinski definition) is 3. The van der Waals surface area contributed by atoms with Gasteiger partial charge in [0.05, 0.1) is 24.8 Å². The lowest BCUT2D eigenvalue weighted by Gasteiger charge is -2.04. The monoisotopic (exact) mass is 208 g/mol. The van der Waals surface area contributed by atoms with Crippen LogP contribution in [0.15, 0.2) is 18.2 Å². The van der Waals surface area contributed by atoms with Gasteiger partial charge in [-0.2, -0.15) is 5.26 Å². The zero-order valence-corrected chi connectivity index (χ0v) is 8.59. The summed E-state index contributed by atoms with van der Waals surface area (Å²) in [5.41, 5.74) is 1.00. The van der Waals surface area contributed by atoms with E-state index in [2.05, 4.69) is 5.32 Å². The largest absolute Gasteiger partial charge is 0.375 e. The van der Waals surface area contributed by atoms with E-state index in [0.717, 1.165) is 6.54 Å². The summed E-state index contributed by atoms with van der Waals surface area (Å²) in [5.74, 6) is -0.402. The first kappa shape index (κ1) is 11.6. The molecule has 0 bridgehead atoms. The van der Waals surface area contributed by atoms with E-state index in [-0.39, 0.29) is 0 Å². The minimum atomic E-state index is -0.402. The normalized spacial score (nSPS) is 9.93. The number of nitrogens with one attached hydrogen (secondary N) is 1. The Labute approximate surface area is 88.5 Å². The van der Waals surface area contributed by atoms with Crippen molar-refractivity contribution in [3.05, 3.63) is 35.1 Å². The number of ether oxygens (including phenoxy) is 1. The molecule has 1 aromatic rings. The summed E-state index contributed by atoms with van der Waals surface area (Å²) < 4.78 is 18.2.